The molecule has 0 fully saturated rings. The number of carbonyl (C=O) groups is 1. The number of hydrogen-bond donors (Lipinski definition) is 0. The summed E-state index contributed by atoms with van der Waals surface area (Å²) in [6.07, 6.45) is -1.52. The number of oxime groups is 1. The quantitative estimate of drug-likeness (QED) is 0.340. The Bertz CT molecular complexity index is 967. The summed E-state index contributed by atoms with van der Waals surface area (Å²) in [5.41, 5.74) is 0.0494. The second kappa shape index (κ2) is 9.42. The molecule has 0 saturated heterocycles. The second-order valence-corrected chi connectivity index (χ2v) is 5.35. The average molecular weight is 387 g/mol. The predicted octanol–water partition coefficient (Wildman–Crippen LogP) is 4.29. The first-order chi connectivity index (χ1) is 13.4. The Hall–Kier alpha value is -3.53. The van der Waals surface area contributed by atoms with Crippen LogP contribution in [0.15, 0.2) is 59.8 Å². The van der Waals surface area contributed by atoms with Crippen LogP contribution in [0.3, 0.4) is 0 Å². The molecule has 0 saturated carbocycles. The fourth-order valence-corrected chi connectivity index (χ4v) is 2.33. The van der Waals surface area contributed by atoms with Gasteiger partial charge in [0.2, 0.25) is 0 Å². The molecule has 0 radical (unpaired) electrons. The van der Waals surface area contributed by atoms with E-state index in [1.165, 1.54) is 38.5 Å². The Morgan fingerprint density at radius 2 is 1.75 bits per heavy atom. The number of nitrogens with zero attached hydrogens (tertiary/aromatic N) is 1. The molecule has 0 aromatic heterocycles. The molecule has 0 aliphatic carbocycles. The summed E-state index contributed by atoms with van der Waals surface area (Å²) in [4.78, 5) is 16.6. The van der Waals surface area contributed by atoms with E-state index in [0.717, 1.165) is 6.07 Å². The molecule has 0 N–H and O–H groups in total. The highest BCUT2D eigenvalue weighted by Gasteiger charge is 2.32. The Kier molecular flexibility index (Phi) is 6.99. The minimum atomic E-state index is -4.48. The van der Waals surface area contributed by atoms with Crippen molar-refractivity contribution in [1.29, 1.82) is 0 Å². The highest BCUT2D eigenvalue weighted by atomic mass is 19.4. The van der Waals surface area contributed by atoms with Crippen LogP contribution in [0.5, 0.6) is 0 Å². The third-order valence-electron chi connectivity index (χ3n) is 3.56. The summed E-state index contributed by atoms with van der Waals surface area (Å²) in [5, 5.41) is 3.69. The van der Waals surface area contributed by atoms with Crippen molar-refractivity contribution in [2.24, 2.45) is 5.16 Å². The van der Waals surface area contributed by atoms with Crippen LogP contribution >= 0.6 is 0 Å². The lowest BCUT2D eigenvalue weighted by molar-refractivity contribution is -0.137. The van der Waals surface area contributed by atoms with E-state index in [9.17, 15) is 18.0 Å². The van der Waals surface area contributed by atoms with Gasteiger partial charge >= 0.3 is 12.1 Å². The molecule has 144 valence electrons. The van der Waals surface area contributed by atoms with Gasteiger partial charge in [0.25, 0.3) is 0 Å². The van der Waals surface area contributed by atoms with Gasteiger partial charge < -0.3 is 9.57 Å². The van der Waals surface area contributed by atoms with Gasteiger partial charge in [-0.1, -0.05) is 53.4 Å². The molecule has 4 nitrogen and oxygen atoms in total. The number of rotatable bonds is 4. The number of ether oxygens (including phenoxy) is 1. The summed E-state index contributed by atoms with van der Waals surface area (Å²) in [6.45, 7) is 0. The molecule has 0 aliphatic rings. The lowest BCUT2D eigenvalue weighted by Crippen LogP contribution is -2.18. The molecule has 2 aromatic carbocycles. The first-order valence-electron chi connectivity index (χ1n) is 8.01. The smallest absolute Gasteiger partial charge is 0.417 e. The van der Waals surface area contributed by atoms with Crippen LogP contribution < -0.4 is 0 Å². The molecule has 0 aliphatic heterocycles. The zero-order chi connectivity index (χ0) is 20.6. The molecule has 0 unspecified atom stereocenters. The molecule has 2 rings (SSSR count). The van der Waals surface area contributed by atoms with Gasteiger partial charge in [0.1, 0.15) is 7.11 Å². The van der Waals surface area contributed by atoms with E-state index in [0.29, 0.717) is 11.1 Å². The monoisotopic (exact) mass is 387 g/mol. The summed E-state index contributed by atoms with van der Waals surface area (Å²) in [6, 6.07) is 11.9. The molecule has 2 aromatic rings. The highest BCUT2D eigenvalue weighted by molar-refractivity contribution is 6.43. The number of esters is 1. The van der Waals surface area contributed by atoms with Crippen LogP contribution in [0.2, 0.25) is 0 Å². The first kappa shape index (κ1) is 20.8. The van der Waals surface area contributed by atoms with Crippen molar-refractivity contribution < 1.29 is 27.5 Å². The fraction of sp³-hybridized carbons (Fsp3) is 0.143. The largest absolute Gasteiger partial charge is 0.464 e. The molecule has 0 amide bonds. The van der Waals surface area contributed by atoms with Crippen molar-refractivity contribution >= 4 is 17.8 Å². The van der Waals surface area contributed by atoms with Gasteiger partial charge in [-0.25, -0.2) is 4.79 Å². The van der Waals surface area contributed by atoms with Gasteiger partial charge in [-0.3, -0.25) is 0 Å². The standard InChI is InChI=1S/C21H16F3NO3/c1-27-20(26)19(25-28-2)17-13-7-5-10-15(17)9-3-4-11-16-12-6-8-14-18(16)21(22,23)24/h3,5-10,12-14H,1-2H3/b9-3+,25-19+. The van der Waals surface area contributed by atoms with Crippen molar-refractivity contribution in [3.05, 3.63) is 76.9 Å². The molecule has 0 spiro atoms. The minimum Gasteiger partial charge on any atom is -0.464 e. The minimum absolute atomic E-state index is 0.0411. The molecule has 0 atom stereocenters. The molecule has 0 heterocycles. The van der Waals surface area contributed by atoms with Crippen molar-refractivity contribution in [1.82, 2.24) is 0 Å². The van der Waals surface area contributed by atoms with Gasteiger partial charge in [-0.2, -0.15) is 13.2 Å². The molecule has 7 heteroatoms. The topological polar surface area (TPSA) is 47.9 Å². The van der Waals surface area contributed by atoms with Crippen LogP contribution in [0.25, 0.3) is 6.08 Å². The molecular formula is C21H16F3NO3. The SMILES string of the molecule is CO/N=C(/C(=O)OC)c1ccccc1/C=C/C#Cc1ccccc1C(F)(F)F. The maximum atomic E-state index is 13.0. The van der Waals surface area contributed by atoms with Crippen LogP contribution in [-0.2, 0) is 20.5 Å². The summed E-state index contributed by atoms with van der Waals surface area (Å²) >= 11 is 0. The maximum Gasteiger partial charge on any atom is 0.417 e. The summed E-state index contributed by atoms with van der Waals surface area (Å²) < 4.78 is 43.7. The highest BCUT2D eigenvalue weighted by Crippen LogP contribution is 2.31. The first-order valence-corrected chi connectivity index (χ1v) is 8.01. The molecule has 28 heavy (non-hydrogen) atoms. The van der Waals surface area contributed by atoms with E-state index in [1.54, 1.807) is 30.3 Å². The zero-order valence-corrected chi connectivity index (χ0v) is 15.1. The van der Waals surface area contributed by atoms with Crippen LogP contribution in [0, 0.1) is 11.8 Å². The van der Waals surface area contributed by atoms with E-state index in [4.69, 9.17) is 9.57 Å². The third kappa shape index (κ3) is 5.24. The second-order valence-electron chi connectivity index (χ2n) is 5.35. The van der Waals surface area contributed by atoms with Crippen molar-refractivity contribution in [2.45, 2.75) is 6.18 Å². The Balaban J connectivity index is 2.35. The Labute approximate surface area is 160 Å². The number of benzene rings is 2. The lowest BCUT2D eigenvalue weighted by Gasteiger charge is -2.08. The van der Waals surface area contributed by atoms with Crippen molar-refractivity contribution in [3.8, 4) is 11.8 Å². The predicted molar refractivity (Wildman–Crippen MR) is 99.4 cm³/mol. The van der Waals surface area contributed by atoms with Gasteiger partial charge in [-0.05, 0) is 29.8 Å². The number of allylic oxidation sites excluding steroid dienone is 1. The third-order valence-corrected chi connectivity index (χ3v) is 3.56. The van der Waals surface area contributed by atoms with Crippen LogP contribution in [0.4, 0.5) is 13.2 Å². The Morgan fingerprint density at radius 1 is 1.07 bits per heavy atom. The normalized spacial score (nSPS) is 11.7. The van der Waals surface area contributed by atoms with Crippen molar-refractivity contribution in [3.63, 3.8) is 0 Å². The van der Waals surface area contributed by atoms with Gasteiger partial charge in [0, 0.05) is 11.1 Å². The van der Waals surface area contributed by atoms with Gasteiger partial charge in [0.05, 0.1) is 12.7 Å². The number of methoxy groups -OCH3 is 1. The number of carbonyl (C=O) groups excluding carboxylic acids is 1. The van der Waals surface area contributed by atoms with E-state index >= 15 is 0 Å². The number of hydrogen-bond acceptors (Lipinski definition) is 4. The average Bonchev–Trinajstić information content (AvgIpc) is 2.69. The maximum absolute atomic E-state index is 13.0. The number of halogens is 3. The van der Waals surface area contributed by atoms with Gasteiger partial charge in [-0.15, -0.1) is 0 Å². The van der Waals surface area contributed by atoms with E-state index in [2.05, 4.69) is 17.0 Å². The van der Waals surface area contributed by atoms with Crippen LogP contribution in [0.1, 0.15) is 22.3 Å². The van der Waals surface area contributed by atoms with E-state index in [1.807, 2.05) is 0 Å². The zero-order valence-electron chi connectivity index (χ0n) is 15.1. The van der Waals surface area contributed by atoms with E-state index < -0.39 is 17.7 Å². The summed E-state index contributed by atoms with van der Waals surface area (Å²) in [5.74, 6) is 4.39. The molecular weight excluding hydrogens is 371 g/mol. The summed E-state index contributed by atoms with van der Waals surface area (Å²) in [7, 11) is 2.51. The van der Waals surface area contributed by atoms with Crippen LogP contribution in [-0.4, -0.2) is 25.9 Å². The number of alkyl halides is 3. The Morgan fingerprint density at radius 3 is 2.43 bits per heavy atom. The molecule has 0 bridgehead atoms. The lowest BCUT2D eigenvalue weighted by atomic mass is 10.0. The fourth-order valence-electron chi connectivity index (χ4n) is 2.33. The van der Waals surface area contributed by atoms with E-state index in [-0.39, 0.29) is 11.3 Å². The van der Waals surface area contributed by atoms with Gasteiger partial charge in [0.15, 0.2) is 5.71 Å². The van der Waals surface area contributed by atoms with Crippen molar-refractivity contribution in [2.75, 3.05) is 14.2 Å².